The normalized spacial score (nSPS) is 18.2. The zero-order valence-electron chi connectivity index (χ0n) is 11.7. The highest BCUT2D eigenvalue weighted by Gasteiger charge is 2.33. The first kappa shape index (κ1) is 14.2. The third-order valence-electron chi connectivity index (χ3n) is 3.63. The predicted molar refractivity (Wildman–Crippen MR) is 76.1 cm³/mol. The number of rotatable bonds is 6. The highest BCUT2D eigenvalue weighted by atomic mass is 16.6. The van der Waals surface area contributed by atoms with Gasteiger partial charge in [0, 0.05) is 29.8 Å². The highest BCUT2D eigenvalue weighted by Crippen LogP contribution is 2.40. The SMILES string of the molecule is O=C(c1cc2c(cc1NCC(O)CO)OCCO2)C1CC1. The van der Waals surface area contributed by atoms with Crippen LogP contribution in [0.4, 0.5) is 5.69 Å². The molecule has 1 aliphatic carbocycles. The number of carbonyl (C=O) groups is 1. The molecule has 1 atom stereocenters. The van der Waals surface area contributed by atoms with Crippen molar-refractivity contribution in [3.63, 3.8) is 0 Å². The summed E-state index contributed by atoms with van der Waals surface area (Å²) in [6, 6.07) is 3.44. The minimum absolute atomic E-state index is 0.0907. The van der Waals surface area contributed by atoms with Crippen LogP contribution in [0.3, 0.4) is 0 Å². The van der Waals surface area contributed by atoms with E-state index in [-0.39, 0.29) is 24.9 Å². The van der Waals surface area contributed by atoms with Gasteiger partial charge in [0.05, 0.1) is 12.7 Å². The van der Waals surface area contributed by atoms with E-state index in [1.807, 2.05) is 0 Å². The van der Waals surface area contributed by atoms with Crippen molar-refractivity contribution in [3.8, 4) is 11.5 Å². The van der Waals surface area contributed by atoms with E-state index in [4.69, 9.17) is 14.6 Å². The summed E-state index contributed by atoms with van der Waals surface area (Å²) in [5.74, 6) is 1.36. The molecule has 6 nitrogen and oxygen atoms in total. The van der Waals surface area contributed by atoms with Crippen LogP contribution in [0.25, 0.3) is 0 Å². The van der Waals surface area contributed by atoms with Crippen molar-refractivity contribution in [2.45, 2.75) is 18.9 Å². The standard InChI is InChI=1S/C15H19NO5/c17-8-10(18)7-16-12-6-14-13(20-3-4-21-14)5-11(12)15(19)9-1-2-9/h5-6,9-10,16-18H,1-4,7-8H2. The Balaban J connectivity index is 1.88. The number of nitrogens with one attached hydrogen (secondary N) is 1. The molecule has 1 aliphatic heterocycles. The molecule has 1 saturated carbocycles. The van der Waals surface area contributed by atoms with E-state index < -0.39 is 6.10 Å². The Kier molecular flexibility index (Phi) is 3.98. The number of fused-ring (bicyclic) bond motifs is 1. The van der Waals surface area contributed by atoms with Crippen LogP contribution in [-0.2, 0) is 0 Å². The van der Waals surface area contributed by atoms with Crippen LogP contribution in [0, 0.1) is 5.92 Å². The summed E-state index contributed by atoms with van der Waals surface area (Å²) in [5.41, 5.74) is 1.18. The predicted octanol–water partition coefficient (Wildman–Crippen LogP) is 0.816. The van der Waals surface area contributed by atoms with Crippen LogP contribution in [0.15, 0.2) is 12.1 Å². The summed E-state index contributed by atoms with van der Waals surface area (Å²) in [7, 11) is 0. The molecule has 1 fully saturated rings. The highest BCUT2D eigenvalue weighted by molar-refractivity contribution is 6.04. The Labute approximate surface area is 122 Å². The Morgan fingerprint density at radius 2 is 1.95 bits per heavy atom. The van der Waals surface area contributed by atoms with Gasteiger partial charge in [0.1, 0.15) is 13.2 Å². The summed E-state index contributed by atoms with van der Waals surface area (Å²) >= 11 is 0. The van der Waals surface area contributed by atoms with E-state index in [1.165, 1.54) is 0 Å². The van der Waals surface area contributed by atoms with E-state index >= 15 is 0 Å². The average molecular weight is 293 g/mol. The van der Waals surface area contributed by atoms with Crippen LogP contribution >= 0.6 is 0 Å². The van der Waals surface area contributed by atoms with Crippen LogP contribution in [0.5, 0.6) is 11.5 Å². The fourth-order valence-electron chi connectivity index (χ4n) is 2.30. The molecule has 21 heavy (non-hydrogen) atoms. The van der Waals surface area contributed by atoms with Gasteiger partial charge in [-0.1, -0.05) is 0 Å². The number of anilines is 1. The minimum Gasteiger partial charge on any atom is -0.486 e. The maximum absolute atomic E-state index is 12.4. The number of hydrogen-bond donors (Lipinski definition) is 3. The monoisotopic (exact) mass is 293 g/mol. The first-order valence-electron chi connectivity index (χ1n) is 7.19. The number of Topliss-reactive ketones (excluding diaryl/α,β-unsaturated/α-hetero) is 1. The van der Waals surface area contributed by atoms with Gasteiger partial charge in [-0.05, 0) is 18.9 Å². The van der Waals surface area contributed by atoms with Crippen molar-refractivity contribution in [2.75, 3.05) is 31.7 Å². The fourth-order valence-corrected chi connectivity index (χ4v) is 2.30. The van der Waals surface area contributed by atoms with Gasteiger partial charge in [-0.3, -0.25) is 4.79 Å². The number of benzene rings is 1. The van der Waals surface area contributed by atoms with E-state index in [0.717, 1.165) is 12.8 Å². The summed E-state index contributed by atoms with van der Waals surface area (Å²) < 4.78 is 11.0. The second kappa shape index (κ2) is 5.91. The van der Waals surface area contributed by atoms with Gasteiger partial charge >= 0.3 is 0 Å². The largest absolute Gasteiger partial charge is 0.486 e. The van der Waals surface area contributed by atoms with E-state index in [9.17, 15) is 9.90 Å². The lowest BCUT2D eigenvalue weighted by atomic mass is 10.0. The molecule has 0 amide bonds. The molecule has 0 aromatic heterocycles. The van der Waals surface area contributed by atoms with Crippen molar-refractivity contribution >= 4 is 11.5 Å². The Bertz CT molecular complexity index is 541. The molecule has 3 N–H and O–H groups in total. The number of ketones is 1. The fraction of sp³-hybridized carbons (Fsp3) is 0.533. The van der Waals surface area contributed by atoms with Crippen LogP contribution in [0.2, 0.25) is 0 Å². The van der Waals surface area contributed by atoms with E-state index in [2.05, 4.69) is 5.32 Å². The van der Waals surface area contributed by atoms with Gasteiger partial charge in [0.25, 0.3) is 0 Å². The zero-order chi connectivity index (χ0) is 14.8. The molecule has 1 aromatic rings. The summed E-state index contributed by atoms with van der Waals surface area (Å²) in [6.07, 6.45) is 0.972. The molecule has 0 radical (unpaired) electrons. The topological polar surface area (TPSA) is 88.0 Å². The lowest BCUT2D eigenvalue weighted by Crippen LogP contribution is -2.24. The molecule has 0 saturated heterocycles. The number of aliphatic hydroxyl groups excluding tert-OH is 2. The molecule has 1 unspecified atom stereocenters. The number of hydrogen-bond acceptors (Lipinski definition) is 6. The third kappa shape index (κ3) is 3.11. The number of aliphatic hydroxyl groups is 2. The Morgan fingerprint density at radius 3 is 2.57 bits per heavy atom. The van der Waals surface area contributed by atoms with Crippen molar-refractivity contribution in [1.29, 1.82) is 0 Å². The first-order valence-corrected chi connectivity index (χ1v) is 7.19. The van der Waals surface area contributed by atoms with Gasteiger partial charge in [-0.15, -0.1) is 0 Å². The summed E-state index contributed by atoms with van der Waals surface area (Å²) in [6.45, 7) is 0.784. The average Bonchev–Trinajstić information content (AvgIpc) is 3.35. The number of carbonyl (C=O) groups excluding carboxylic acids is 1. The van der Waals surface area contributed by atoms with Gasteiger partial charge < -0.3 is 25.0 Å². The molecular formula is C15H19NO5. The summed E-state index contributed by atoms with van der Waals surface area (Å²) in [5, 5.41) is 21.3. The molecule has 1 heterocycles. The van der Waals surface area contributed by atoms with Crippen molar-refractivity contribution in [3.05, 3.63) is 17.7 Å². The lowest BCUT2D eigenvalue weighted by molar-refractivity contribution is 0.0965. The smallest absolute Gasteiger partial charge is 0.168 e. The van der Waals surface area contributed by atoms with Crippen molar-refractivity contribution in [2.24, 2.45) is 5.92 Å². The van der Waals surface area contributed by atoms with Gasteiger partial charge in [0.15, 0.2) is 17.3 Å². The molecule has 0 spiro atoms. The Hall–Kier alpha value is -1.79. The molecule has 6 heteroatoms. The van der Waals surface area contributed by atoms with Crippen LogP contribution in [0.1, 0.15) is 23.2 Å². The molecule has 1 aromatic carbocycles. The minimum atomic E-state index is -0.873. The second-order valence-electron chi connectivity index (χ2n) is 5.40. The molecule has 0 bridgehead atoms. The van der Waals surface area contributed by atoms with Crippen molar-refractivity contribution in [1.82, 2.24) is 0 Å². The zero-order valence-corrected chi connectivity index (χ0v) is 11.7. The molecule has 2 aliphatic rings. The molecule has 114 valence electrons. The molecular weight excluding hydrogens is 274 g/mol. The van der Waals surface area contributed by atoms with E-state index in [1.54, 1.807) is 12.1 Å². The van der Waals surface area contributed by atoms with Gasteiger partial charge in [0.2, 0.25) is 0 Å². The van der Waals surface area contributed by atoms with Gasteiger partial charge in [-0.25, -0.2) is 0 Å². The summed E-state index contributed by atoms with van der Waals surface area (Å²) in [4.78, 5) is 12.4. The lowest BCUT2D eigenvalue weighted by Gasteiger charge is -2.22. The Morgan fingerprint density at radius 1 is 1.29 bits per heavy atom. The van der Waals surface area contributed by atoms with E-state index in [0.29, 0.717) is 36.0 Å². The maximum atomic E-state index is 12.4. The quantitative estimate of drug-likeness (QED) is 0.673. The maximum Gasteiger partial charge on any atom is 0.168 e. The third-order valence-corrected chi connectivity index (χ3v) is 3.63. The first-order chi connectivity index (χ1) is 10.2. The second-order valence-corrected chi connectivity index (χ2v) is 5.40. The number of ether oxygens (including phenoxy) is 2. The molecule has 3 rings (SSSR count). The van der Waals surface area contributed by atoms with Crippen LogP contribution < -0.4 is 14.8 Å². The van der Waals surface area contributed by atoms with Crippen molar-refractivity contribution < 1.29 is 24.5 Å². The van der Waals surface area contributed by atoms with Crippen LogP contribution in [-0.4, -0.2) is 48.5 Å². The van der Waals surface area contributed by atoms with Gasteiger partial charge in [-0.2, -0.15) is 0 Å².